The number of aliphatic hydroxyl groups is 1. The SMILES string of the molecule is C[C@@H]1C[C@@H](O)c2ncnc(N3CCN(C(=O)C(N)Cc4ccc(C#N)cc4)CC3)c21. The molecular weight excluding hydrogens is 380 g/mol. The van der Waals surface area contributed by atoms with Crippen LogP contribution in [0.4, 0.5) is 5.82 Å². The van der Waals surface area contributed by atoms with Crippen LogP contribution in [0, 0.1) is 11.3 Å². The maximum Gasteiger partial charge on any atom is 0.239 e. The van der Waals surface area contributed by atoms with Crippen LogP contribution in [0.25, 0.3) is 0 Å². The summed E-state index contributed by atoms with van der Waals surface area (Å²) in [5, 5.41) is 19.1. The van der Waals surface area contributed by atoms with Crippen LogP contribution in [0.3, 0.4) is 0 Å². The first-order chi connectivity index (χ1) is 14.5. The number of carbonyl (C=O) groups excluding carboxylic acids is 1. The van der Waals surface area contributed by atoms with Gasteiger partial charge in [-0.1, -0.05) is 19.1 Å². The predicted octanol–water partition coefficient (Wildman–Crippen LogP) is 1.11. The maximum atomic E-state index is 12.8. The fourth-order valence-corrected chi connectivity index (χ4v) is 4.38. The van der Waals surface area contributed by atoms with E-state index in [1.54, 1.807) is 12.1 Å². The number of carbonyl (C=O) groups is 1. The summed E-state index contributed by atoms with van der Waals surface area (Å²) in [5.41, 5.74) is 9.48. The van der Waals surface area contributed by atoms with Gasteiger partial charge >= 0.3 is 0 Å². The maximum absolute atomic E-state index is 12.8. The van der Waals surface area contributed by atoms with Crippen molar-refractivity contribution in [3.63, 3.8) is 0 Å². The van der Waals surface area contributed by atoms with Crippen molar-refractivity contribution in [3.05, 3.63) is 53.0 Å². The van der Waals surface area contributed by atoms with Gasteiger partial charge in [0.25, 0.3) is 0 Å². The lowest BCUT2D eigenvalue weighted by molar-refractivity contribution is -0.132. The fourth-order valence-electron chi connectivity index (χ4n) is 4.38. The third-order valence-corrected chi connectivity index (χ3v) is 6.03. The lowest BCUT2D eigenvalue weighted by Crippen LogP contribution is -2.54. The lowest BCUT2D eigenvalue weighted by Gasteiger charge is -2.37. The Morgan fingerprint density at radius 3 is 2.63 bits per heavy atom. The number of hydrogen-bond donors (Lipinski definition) is 2. The van der Waals surface area contributed by atoms with Crippen LogP contribution in [0.15, 0.2) is 30.6 Å². The molecular formula is C22H26N6O2. The number of rotatable bonds is 4. The Morgan fingerprint density at radius 1 is 1.27 bits per heavy atom. The molecule has 1 saturated heterocycles. The average Bonchev–Trinajstić information content (AvgIpc) is 3.07. The minimum Gasteiger partial charge on any atom is -0.387 e. The number of benzene rings is 1. The van der Waals surface area contributed by atoms with Gasteiger partial charge in [-0.25, -0.2) is 9.97 Å². The van der Waals surface area contributed by atoms with Crippen molar-refractivity contribution in [2.24, 2.45) is 5.73 Å². The van der Waals surface area contributed by atoms with Crippen molar-refractivity contribution < 1.29 is 9.90 Å². The molecule has 0 spiro atoms. The average molecular weight is 406 g/mol. The zero-order chi connectivity index (χ0) is 21.3. The highest BCUT2D eigenvalue weighted by Gasteiger charge is 2.34. The number of nitrogens with zero attached hydrogens (tertiary/aromatic N) is 5. The molecule has 2 aromatic rings. The summed E-state index contributed by atoms with van der Waals surface area (Å²) in [4.78, 5) is 25.6. The quantitative estimate of drug-likeness (QED) is 0.780. The summed E-state index contributed by atoms with van der Waals surface area (Å²) in [6.45, 7) is 4.58. The number of aromatic nitrogens is 2. The van der Waals surface area contributed by atoms with E-state index in [9.17, 15) is 9.90 Å². The van der Waals surface area contributed by atoms with Crippen LogP contribution in [-0.4, -0.2) is 58.1 Å². The third-order valence-electron chi connectivity index (χ3n) is 6.03. The normalized spacial score (nSPS) is 21.8. The summed E-state index contributed by atoms with van der Waals surface area (Å²) >= 11 is 0. The van der Waals surface area contributed by atoms with Crippen molar-refractivity contribution >= 4 is 11.7 Å². The molecule has 4 rings (SSSR count). The molecule has 8 nitrogen and oxygen atoms in total. The van der Waals surface area contributed by atoms with Crippen molar-refractivity contribution in [2.75, 3.05) is 31.1 Å². The van der Waals surface area contributed by atoms with Gasteiger partial charge in [0.15, 0.2) is 0 Å². The summed E-state index contributed by atoms with van der Waals surface area (Å²) in [5.74, 6) is 1.03. The van der Waals surface area contributed by atoms with Gasteiger partial charge < -0.3 is 20.6 Å². The van der Waals surface area contributed by atoms with Gasteiger partial charge in [0.2, 0.25) is 5.91 Å². The largest absolute Gasteiger partial charge is 0.387 e. The van der Waals surface area contributed by atoms with Crippen LogP contribution in [-0.2, 0) is 11.2 Å². The van der Waals surface area contributed by atoms with Gasteiger partial charge in [0.05, 0.1) is 29.5 Å². The van der Waals surface area contributed by atoms with E-state index in [2.05, 4.69) is 27.9 Å². The van der Waals surface area contributed by atoms with Crippen molar-refractivity contribution in [2.45, 2.75) is 37.8 Å². The number of anilines is 1. The number of nitrogens with two attached hydrogens (primary N) is 1. The van der Waals surface area contributed by atoms with E-state index in [1.165, 1.54) is 6.33 Å². The van der Waals surface area contributed by atoms with Gasteiger partial charge in [0.1, 0.15) is 12.1 Å². The van der Waals surface area contributed by atoms with Crippen LogP contribution in [0.5, 0.6) is 0 Å². The monoisotopic (exact) mass is 406 g/mol. The summed E-state index contributed by atoms with van der Waals surface area (Å²) < 4.78 is 0. The molecule has 3 N–H and O–H groups in total. The van der Waals surface area contributed by atoms with Crippen molar-refractivity contribution in [3.8, 4) is 6.07 Å². The molecule has 0 radical (unpaired) electrons. The lowest BCUT2D eigenvalue weighted by atomic mass is 10.0. The molecule has 8 heteroatoms. The minimum absolute atomic E-state index is 0.0595. The Morgan fingerprint density at radius 2 is 1.97 bits per heavy atom. The fraction of sp³-hybridized carbons (Fsp3) is 0.455. The number of amides is 1. The van der Waals surface area contributed by atoms with E-state index in [0.717, 1.165) is 22.6 Å². The van der Waals surface area contributed by atoms with E-state index >= 15 is 0 Å². The first kappa shape index (κ1) is 20.3. The van der Waals surface area contributed by atoms with Gasteiger partial charge in [-0.05, 0) is 36.5 Å². The molecule has 1 unspecified atom stereocenters. The van der Waals surface area contributed by atoms with Gasteiger partial charge in [-0.2, -0.15) is 5.26 Å². The predicted molar refractivity (Wildman–Crippen MR) is 112 cm³/mol. The molecule has 1 amide bonds. The standard InChI is InChI=1S/C22H26N6O2/c1-14-10-18(29)20-19(14)21(26-13-25-20)27-6-8-28(9-7-27)22(30)17(24)11-15-2-4-16(12-23)5-3-15/h2-5,13-14,17-18,29H,6-11,24H2,1H3/t14-,17?,18-/m1/s1. The zero-order valence-corrected chi connectivity index (χ0v) is 17.0. The zero-order valence-electron chi connectivity index (χ0n) is 17.0. The molecule has 1 aliphatic heterocycles. The number of piperazine rings is 1. The summed E-state index contributed by atoms with van der Waals surface area (Å²) in [6.07, 6.45) is 2.10. The summed E-state index contributed by atoms with van der Waals surface area (Å²) in [7, 11) is 0. The van der Waals surface area contributed by atoms with Crippen molar-refractivity contribution in [1.82, 2.24) is 14.9 Å². The third kappa shape index (κ3) is 3.86. The van der Waals surface area contributed by atoms with Crippen LogP contribution in [0.1, 0.15) is 47.8 Å². The molecule has 0 saturated carbocycles. The molecule has 3 atom stereocenters. The Balaban J connectivity index is 1.38. The smallest absolute Gasteiger partial charge is 0.239 e. The Labute approximate surface area is 176 Å². The van der Waals surface area contributed by atoms with E-state index in [1.807, 2.05) is 17.0 Å². The Kier molecular flexibility index (Phi) is 5.66. The molecule has 0 bridgehead atoms. The first-order valence-corrected chi connectivity index (χ1v) is 10.3. The van der Waals surface area contributed by atoms with E-state index in [-0.39, 0.29) is 11.8 Å². The number of hydrogen-bond acceptors (Lipinski definition) is 7. The van der Waals surface area contributed by atoms with Crippen LogP contribution < -0.4 is 10.6 Å². The van der Waals surface area contributed by atoms with Crippen LogP contribution >= 0.6 is 0 Å². The highest BCUT2D eigenvalue weighted by molar-refractivity contribution is 5.82. The number of nitriles is 1. The minimum atomic E-state index is -0.608. The Hall–Kier alpha value is -3.02. The van der Waals surface area contributed by atoms with Crippen molar-refractivity contribution in [1.29, 1.82) is 5.26 Å². The van der Waals surface area contributed by atoms with E-state index in [0.29, 0.717) is 44.6 Å². The highest BCUT2D eigenvalue weighted by Crippen LogP contribution is 2.42. The van der Waals surface area contributed by atoms with E-state index in [4.69, 9.17) is 11.0 Å². The molecule has 156 valence electrons. The molecule has 1 fully saturated rings. The Bertz CT molecular complexity index is 963. The second-order valence-electron chi connectivity index (χ2n) is 8.08. The summed E-state index contributed by atoms with van der Waals surface area (Å²) in [6, 6.07) is 8.64. The second-order valence-corrected chi connectivity index (χ2v) is 8.08. The first-order valence-electron chi connectivity index (χ1n) is 10.3. The molecule has 2 heterocycles. The molecule has 1 aromatic carbocycles. The topological polar surface area (TPSA) is 119 Å². The van der Waals surface area contributed by atoms with Gasteiger partial charge in [-0.15, -0.1) is 0 Å². The van der Waals surface area contributed by atoms with Gasteiger partial charge in [0, 0.05) is 31.7 Å². The highest BCUT2D eigenvalue weighted by atomic mass is 16.3. The van der Waals surface area contributed by atoms with Crippen LogP contribution in [0.2, 0.25) is 0 Å². The molecule has 1 aliphatic carbocycles. The van der Waals surface area contributed by atoms with Gasteiger partial charge in [-0.3, -0.25) is 4.79 Å². The number of aliphatic hydroxyl groups excluding tert-OH is 1. The molecule has 1 aromatic heterocycles. The molecule has 30 heavy (non-hydrogen) atoms. The van der Waals surface area contributed by atoms with E-state index < -0.39 is 12.1 Å². The second kappa shape index (κ2) is 8.38. The molecule has 2 aliphatic rings. The number of fused-ring (bicyclic) bond motifs is 1.